The highest BCUT2D eigenvalue weighted by Gasteiger charge is 1.98. The molecule has 0 heterocycles. The van der Waals surface area contributed by atoms with Crippen molar-refractivity contribution in [3.8, 4) is 0 Å². The Morgan fingerprint density at radius 3 is 2.67 bits per heavy atom. The van der Waals surface area contributed by atoms with E-state index in [1.807, 2.05) is 18.2 Å². The summed E-state index contributed by atoms with van der Waals surface area (Å²) in [5, 5.41) is 6.39. The van der Waals surface area contributed by atoms with E-state index < -0.39 is 0 Å². The summed E-state index contributed by atoms with van der Waals surface area (Å²) in [5.74, 6) is 0. The van der Waals surface area contributed by atoms with Gasteiger partial charge in [0.1, 0.15) is 0 Å². The maximum atomic E-state index is 11.3. The fourth-order valence-corrected chi connectivity index (χ4v) is 0.872. The SMILES string of the molecule is C/C(CN)=N\NC(=O)Nc1ccccc1. The molecule has 0 bridgehead atoms. The summed E-state index contributed by atoms with van der Waals surface area (Å²) in [5.41, 5.74) is 9.03. The normalized spacial score (nSPS) is 10.9. The van der Waals surface area contributed by atoms with E-state index in [1.54, 1.807) is 19.1 Å². The number of hydrogen-bond donors (Lipinski definition) is 3. The van der Waals surface area contributed by atoms with Gasteiger partial charge in [0.2, 0.25) is 0 Å². The molecule has 0 spiro atoms. The molecule has 5 heteroatoms. The predicted molar refractivity (Wildman–Crippen MR) is 60.8 cm³/mol. The number of hydrazone groups is 1. The highest BCUT2D eigenvalue weighted by molar-refractivity contribution is 5.91. The Morgan fingerprint density at radius 1 is 1.40 bits per heavy atom. The van der Waals surface area contributed by atoms with Crippen LogP contribution >= 0.6 is 0 Å². The molecule has 1 aromatic carbocycles. The van der Waals surface area contributed by atoms with Crippen molar-refractivity contribution in [1.82, 2.24) is 5.43 Å². The van der Waals surface area contributed by atoms with Crippen molar-refractivity contribution in [1.29, 1.82) is 0 Å². The van der Waals surface area contributed by atoms with Crippen LogP contribution in [0.2, 0.25) is 0 Å². The van der Waals surface area contributed by atoms with Crippen LogP contribution in [0.4, 0.5) is 10.5 Å². The summed E-state index contributed by atoms with van der Waals surface area (Å²) in [7, 11) is 0. The number of carbonyl (C=O) groups is 1. The molecule has 2 amide bonds. The molecular formula is C10H14N4O. The van der Waals surface area contributed by atoms with Crippen LogP contribution in [0.15, 0.2) is 35.4 Å². The Balaban J connectivity index is 2.44. The fraction of sp³-hybridized carbons (Fsp3) is 0.200. The number of nitrogens with two attached hydrogens (primary N) is 1. The number of carbonyl (C=O) groups excluding carboxylic acids is 1. The molecule has 0 aliphatic carbocycles. The lowest BCUT2D eigenvalue weighted by molar-refractivity contribution is 0.252. The number of nitrogens with one attached hydrogen (secondary N) is 2. The molecule has 0 atom stereocenters. The smallest absolute Gasteiger partial charge is 0.325 e. The van der Waals surface area contributed by atoms with Gasteiger partial charge in [0.15, 0.2) is 0 Å². The van der Waals surface area contributed by atoms with Crippen LogP contribution in [0.25, 0.3) is 0 Å². The Morgan fingerprint density at radius 2 is 2.07 bits per heavy atom. The maximum Gasteiger partial charge on any atom is 0.339 e. The zero-order valence-corrected chi connectivity index (χ0v) is 8.53. The minimum absolute atomic E-state index is 0.325. The third kappa shape index (κ3) is 4.24. The van der Waals surface area contributed by atoms with Crippen LogP contribution < -0.4 is 16.5 Å². The topological polar surface area (TPSA) is 79.5 Å². The largest absolute Gasteiger partial charge is 0.339 e. The van der Waals surface area contributed by atoms with E-state index in [0.717, 1.165) is 5.69 Å². The Bertz CT molecular complexity index is 348. The number of para-hydroxylation sites is 1. The molecule has 0 fully saturated rings. The zero-order chi connectivity index (χ0) is 11.1. The van der Waals surface area contributed by atoms with Crippen molar-refractivity contribution < 1.29 is 4.79 Å². The van der Waals surface area contributed by atoms with Gasteiger partial charge in [0.05, 0.1) is 0 Å². The van der Waals surface area contributed by atoms with Crippen LogP contribution in [-0.4, -0.2) is 18.3 Å². The average molecular weight is 206 g/mol. The number of rotatable bonds is 3. The second kappa shape index (κ2) is 5.77. The molecule has 0 aliphatic heterocycles. The van der Waals surface area contributed by atoms with Gasteiger partial charge in [-0.25, -0.2) is 10.2 Å². The minimum Gasteiger partial charge on any atom is -0.325 e. The van der Waals surface area contributed by atoms with E-state index in [2.05, 4.69) is 15.8 Å². The number of anilines is 1. The standard InChI is InChI=1S/C10H14N4O/c1-8(7-11)13-14-10(15)12-9-5-3-2-4-6-9/h2-6H,7,11H2,1H3,(H2,12,14,15)/b13-8+. The lowest BCUT2D eigenvalue weighted by Gasteiger charge is -2.03. The third-order valence-electron chi connectivity index (χ3n) is 1.68. The predicted octanol–water partition coefficient (Wildman–Crippen LogP) is 1.14. The number of hydrogen-bond acceptors (Lipinski definition) is 3. The van der Waals surface area contributed by atoms with Gasteiger partial charge in [0, 0.05) is 17.9 Å². The Hall–Kier alpha value is -1.88. The first-order valence-electron chi connectivity index (χ1n) is 4.57. The minimum atomic E-state index is -0.381. The number of benzene rings is 1. The van der Waals surface area contributed by atoms with Crippen LogP contribution in [0, 0.1) is 0 Å². The first kappa shape index (κ1) is 11.2. The van der Waals surface area contributed by atoms with E-state index in [0.29, 0.717) is 12.3 Å². The van der Waals surface area contributed by atoms with Crippen molar-refractivity contribution in [3.63, 3.8) is 0 Å². The van der Waals surface area contributed by atoms with Gasteiger partial charge < -0.3 is 11.1 Å². The lowest BCUT2D eigenvalue weighted by atomic mass is 10.3. The Kier molecular flexibility index (Phi) is 4.30. The average Bonchev–Trinajstić information content (AvgIpc) is 2.27. The second-order valence-electron chi connectivity index (χ2n) is 2.98. The van der Waals surface area contributed by atoms with Gasteiger partial charge in [-0.2, -0.15) is 5.10 Å². The summed E-state index contributed by atoms with van der Waals surface area (Å²) in [4.78, 5) is 11.3. The molecule has 0 saturated carbocycles. The van der Waals surface area contributed by atoms with Crippen molar-refractivity contribution >= 4 is 17.4 Å². The molecule has 15 heavy (non-hydrogen) atoms. The quantitative estimate of drug-likeness (QED) is 0.512. The molecule has 0 radical (unpaired) electrons. The second-order valence-corrected chi connectivity index (χ2v) is 2.98. The molecule has 80 valence electrons. The molecule has 4 N–H and O–H groups in total. The molecule has 0 aromatic heterocycles. The fourth-order valence-electron chi connectivity index (χ4n) is 0.872. The van der Waals surface area contributed by atoms with Crippen LogP contribution in [0.3, 0.4) is 0 Å². The van der Waals surface area contributed by atoms with E-state index in [4.69, 9.17) is 5.73 Å². The van der Waals surface area contributed by atoms with Gasteiger partial charge >= 0.3 is 6.03 Å². The zero-order valence-electron chi connectivity index (χ0n) is 8.53. The van der Waals surface area contributed by atoms with Crippen LogP contribution in [0.5, 0.6) is 0 Å². The van der Waals surface area contributed by atoms with Crippen molar-refractivity contribution in [2.75, 3.05) is 11.9 Å². The molecular weight excluding hydrogens is 192 g/mol. The molecule has 1 rings (SSSR count). The van der Waals surface area contributed by atoms with Crippen molar-refractivity contribution in [3.05, 3.63) is 30.3 Å². The molecule has 0 aliphatic rings. The van der Waals surface area contributed by atoms with E-state index in [-0.39, 0.29) is 6.03 Å². The third-order valence-corrected chi connectivity index (χ3v) is 1.68. The summed E-state index contributed by atoms with van der Waals surface area (Å²) in [6.45, 7) is 2.06. The highest BCUT2D eigenvalue weighted by Crippen LogP contribution is 2.03. The van der Waals surface area contributed by atoms with Crippen LogP contribution in [-0.2, 0) is 0 Å². The summed E-state index contributed by atoms with van der Waals surface area (Å²) >= 11 is 0. The number of amides is 2. The van der Waals surface area contributed by atoms with E-state index in [1.165, 1.54) is 0 Å². The van der Waals surface area contributed by atoms with E-state index >= 15 is 0 Å². The molecule has 0 saturated heterocycles. The number of nitrogens with zero attached hydrogens (tertiary/aromatic N) is 1. The van der Waals surface area contributed by atoms with E-state index in [9.17, 15) is 4.79 Å². The van der Waals surface area contributed by atoms with Gasteiger partial charge in [-0.3, -0.25) is 0 Å². The molecule has 1 aromatic rings. The Labute approximate surface area is 88.4 Å². The maximum absolute atomic E-state index is 11.3. The van der Waals surface area contributed by atoms with Crippen molar-refractivity contribution in [2.24, 2.45) is 10.8 Å². The number of urea groups is 1. The molecule has 0 unspecified atom stereocenters. The van der Waals surface area contributed by atoms with Gasteiger partial charge in [-0.1, -0.05) is 18.2 Å². The summed E-state index contributed by atoms with van der Waals surface area (Å²) in [6, 6.07) is 8.75. The lowest BCUT2D eigenvalue weighted by Crippen LogP contribution is -2.26. The highest BCUT2D eigenvalue weighted by atomic mass is 16.2. The van der Waals surface area contributed by atoms with Gasteiger partial charge in [-0.15, -0.1) is 0 Å². The summed E-state index contributed by atoms with van der Waals surface area (Å²) in [6.07, 6.45) is 0. The van der Waals surface area contributed by atoms with Crippen LogP contribution in [0.1, 0.15) is 6.92 Å². The first-order valence-corrected chi connectivity index (χ1v) is 4.57. The molecule has 5 nitrogen and oxygen atoms in total. The first-order chi connectivity index (χ1) is 7.22. The summed E-state index contributed by atoms with van der Waals surface area (Å²) < 4.78 is 0. The van der Waals surface area contributed by atoms with Gasteiger partial charge in [-0.05, 0) is 19.1 Å². The van der Waals surface area contributed by atoms with Crippen molar-refractivity contribution in [2.45, 2.75) is 6.92 Å². The monoisotopic (exact) mass is 206 g/mol. The van der Waals surface area contributed by atoms with Gasteiger partial charge in [0.25, 0.3) is 0 Å².